The van der Waals surface area contributed by atoms with Gasteiger partial charge in [-0.25, -0.2) is 0 Å². The maximum absolute atomic E-state index is 12.0. The molecule has 1 fully saturated rings. The molecule has 1 aromatic rings. The van der Waals surface area contributed by atoms with E-state index in [4.69, 9.17) is 23.2 Å². The van der Waals surface area contributed by atoms with Crippen molar-refractivity contribution in [2.75, 3.05) is 18.4 Å². The van der Waals surface area contributed by atoms with Crippen LogP contribution in [0.1, 0.15) is 24.8 Å². The number of nitrogens with one attached hydrogen (secondary N) is 2. The van der Waals surface area contributed by atoms with Gasteiger partial charge in [-0.2, -0.15) is 0 Å². The fourth-order valence-corrected chi connectivity index (χ4v) is 2.72. The maximum atomic E-state index is 12.0. The van der Waals surface area contributed by atoms with Crippen molar-refractivity contribution in [3.8, 4) is 0 Å². The maximum Gasteiger partial charge on any atom is 0.224 e. The molecule has 0 radical (unpaired) electrons. The van der Waals surface area contributed by atoms with Crippen molar-refractivity contribution in [2.24, 2.45) is 5.92 Å². The van der Waals surface area contributed by atoms with Gasteiger partial charge in [-0.05, 0) is 56.5 Å². The topological polar surface area (TPSA) is 41.1 Å². The number of benzene rings is 1. The van der Waals surface area contributed by atoms with Gasteiger partial charge in [0.05, 0.1) is 10.7 Å². The Balaban J connectivity index is 1.96. The summed E-state index contributed by atoms with van der Waals surface area (Å²) in [6.45, 7) is 3.87. The zero-order chi connectivity index (χ0) is 13.8. The minimum atomic E-state index is 0.00807. The van der Waals surface area contributed by atoms with Crippen LogP contribution in [0.3, 0.4) is 0 Å². The quantitative estimate of drug-likeness (QED) is 0.895. The summed E-state index contributed by atoms with van der Waals surface area (Å²) in [6, 6.07) is 3.48. The Hall–Kier alpha value is -0.770. The highest BCUT2D eigenvalue weighted by Crippen LogP contribution is 2.29. The highest BCUT2D eigenvalue weighted by molar-refractivity contribution is 6.36. The summed E-state index contributed by atoms with van der Waals surface area (Å²) >= 11 is 12.1. The Kier molecular flexibility index (Phi) is 5.08. The Labute approximate surface area is 123 Å². The first-order valence-electron chi connectivity index (χ1n) is 6.52. The lowest BCUT2D eigenvalue weighted by molar-refractivity contribution is -0.117. The fraction of sp³-hybridized carbons (Fsp3) is 0.500. The molecule has 0 bridgehead atoms. The molecule has 1 saturated heterocycles. The van der Waals surface area contributed by atoms with Crippen molar-refractivity contribution in [3.63, 3.8) is 0 Å². The van der Waals surface area contributed by atoms with E-state index in [1.165, 1.54) is 0 Å². The summed E-state index contributed by atoms with van der Waals surface area (Å²) in [6.07, 6.45) is 2.65. The molecule has 0 spiro atoms. The third-order valence-corrected chi connectivity index (χ3v) is 4.18. The van der Waals surface area contributed by atoms with Gasteiger partial charge < -0.3 is 10.6 Å². The summed E-state index contributed by atoms with van der Waals surface area (Å²) in [5.74, 6) is 0.467. The van der Waals surface area contributed by atoms with Gasteiger partial charge in [-0.1, -0.05) is 23.2 Å². The second-order valence-electron chi connectivity index (χ2n) is 5.03. The van der Waals surface area contributed by atoms with Gasteiger partial charge in [-0.3, -0.25) is 4.79 Å². The Morgan fingerprint density at radius 2 is 2.00 bits per heavy atom. The minimum absolute atomic E-state index is 0.00807. The van der Waals surface area contributed by atoms with E-state index in [2.05, 4.69) is 10.6 Å². The molecule has 3 nitrogen and oxygen atoms in total. The lowest BCUT2D eigenvalue weighted by atomic mass is 9.94. The first-order chi connectivity index (χ1) is 9.06. The van der Waals surface area contributed by atoms with Crippen LogP contribution in [0.25, 0.3) is 0 Å². The number of halogens is 2. The molecule has 19 heavy (non-hydrogen) atoms. The van der Waals surface area contributed by atoms with Crippen molar-refractivity contribution in [1.29, 1.82) is 0 Å². The van der Waals surface area contributed by atoms with E-state index in [0.717, 1.165) is 31.5 Å². The van der Waals surface area contributed by atoms with Gasteiger partial charge in [0, 0.05) is 11.4 Å². The number of carbonyl (C=O) groups excluding carboxylic acids is 1. The molecule has 104 valence electrons. The number of hydrogen-bond donors (Lipinski definition) is 2. The molecule has 5 heteroatoms. The fourth-order valence-electron chi connectivity index (χ4n) is 2.29. The summed E-state index contributed by atoms with van der Waals surface area (Å²) in [5, 5.41) is 7.28. The predicted molar refractivity (Wildman–Crippen MR) is 80.0 cm³/mol. The molecule has 0 atom stereocenters. The molecular weight excluding hydrogens is 283 g/mol. The van der Waals surface area contributed by atoms with E-state index in [9.17, 15) is 4.79 Å². The largest absolute Gasteiger partial charge is 0.325 e. The summed E-state index contributed by atoms with van der Waals surface area (Å²) in [5.41, 5.74) is 1.50. The first-order valence-corrected chi connectivity index (χ1v) is 7.28. The molecule has 1 aliphatic heterocycles. The predicted octanol–water partition coefficient (Wildman–Crippen LogP) is 3.63. The summed E-state index contributed by atoms with van der Waals surface area (Å²) in [4.78, 5) is 12.0. The molecule has 0 unspecified atom stereocenters. The van der Waals surface area contributed by atoms with E-state index in [0.29, 0.717) is 28.1 Å². The number of piperidine rings is 1. The smallest absolute Gasteiger partial charge is 0.224 e. The lowest BCUT2D eigenvalue weighted by Gasteiger charge is -2.22. The lowest BCUT2D eigenvalue weighted by Crippen LogP contribution is -2.30. The zero-order valence-electron chi connectivity index (χ0n) is 10.9. The summed E-state index contributed by atoms with van der Waals surface area (Å²) < 4.78 is 0. The van der Waals surface area contributed by atoms with E-state index >= 15 is 0 Å². The number of anilines is 1. The number of amides is 1. The van der Waals surface area contributed by atoms with E-state index < -0.39 is 0 Å². The van der Waals surface area contributed by atoms with Crippen LogP contribution in [0.15, 0.2) is 12.1 Å². The average Bonchev–Trinajstić information content (AvgIpc) is 2.37. The highest BCUT2D eigenvalue weighted by atomic mass is 35.5. The van der Waals surface area contributed by atoms with Crippen LogP contribution in [0, 0.1) is 12.8 Å². The van der Waals surface area contributed by atoms with Crippen molar-refractivity contribution < 1.29 is 4.79 Å². The van der Waals surface area contributed by atoms with Crippen LogP contribution in [-0.2, 0) is 4.79 Å². The Bertz CT molecular complexity index is 471. The molecule has 1 amide bonds. The highest BCUT2D eigenvalue weighted by Gasteiger charge is 2.17. The second-order valence-corrected chi connectivity index (χ2v) is 5.84. The van der Waals surface area contributed by atoms with Crippen LogP contribution in [-0.4, -0.2) is 19.0 Å². The number of hydrogen-bond acceptors (Lipinski definition) is 2. The number of aryl methyl sites for hydroxylation is 1. The molecular formula is C14H18Cl2N2O. The standard InChI is InChI=1S/C14H18Cl2N2O/c1-9-6-12(16)13(8-11(9)15)18-14(19)7-10-2-4-17-5-3-10/h6,8,10,17H,2-5,7H2,1H3,(H,18,19). The van der Waals surface area contributed by atoms with Crippen LogP contribution in [0.4, 0.5) is 5.69 Å². The molecule has 0 aliphatic carbocycles. The van der Waals surface area contributed by atoms with E-state index in [1.807, 2.05) is 6.92 Å². The van der Waals surface area contributed by atoms with Gasteiger partial charge >= 0.3 is 0 Å². The zero-order valence-corrected chi connectivity index (χ0v) is 12.4. The number of carbonyl (C=O) groups is 1. The third kappa shape index (κ3) is 4.10. The molecule has 1 aliphatic rings. The van der Waals surface area contributed by atoms with E-state index in [1.54, 1.807) is 12.1 Å². The monoisotopic (exact) mass is 300 g/mol. The van der Waals surface area contributed by atoms with Crippen LogP contribution in [0.5, 0.6) is 0 Å². The molecule has 0 saturated carbocycles. The Morgan fingerprint density at radius 3 is 2.68 bits per heavy atom. The SMILES string of the molecule is Cc1cc(Cl)c(NC(=O)CC2CCNCC2)cc1Cl. The van der Waals surface area contributed by atoms with Crippen LogP contribution >= 0.6 is 23.2 Å². The van der Waals surface area contributed by atoms with Crippen molar-refractivity contribution in [3.05, 3.63) is 27.7 Å². The molecule has 1 aromatic carbocycles. The molecule has 1 heterocycles. The summed E-state index contributed by atoms with van der Waals surface area (Å²) in [7, 11) is 0. The molecule has 0 aromatic heterocycles. The van der Waals surface area contributed by atoms with Gasteiger partial charge in [0.1, 0.15) is 0 Å². The number of rotatable bonds is 3. The average molecular weight is 301 g/mol. The minimum Gasteiger partial charge on any atom is -0.325 e. The van der Waals surface area contributed by atoms with Crippen LogP contribution < -0.4 is 10.6 Å². The van der Waals surface area contributed by atoms with Gasteiger partial charge in [0.2, 0.25) is 5.91 Å². The molecule has 2 N–H and O–H groups in total. The van der Waals surface area contributed by atoms with Crippen molar-refractivity contribution in [1.82, 2.24) is 5.32 Å². The second kappa shape index (κ2) is 6.60. The van der Waals surface area contributed by atoms with E-state index in [-0.39, 0.29) is 5.91 Å². The third-order valence-electron chi connectivity index (χ3n) is 3.46. The molecule has 2 rings (SSSR count). The van der Waals surface area contributed by atoms with Gasteiger partial charge in [-0.15, -0.1) is 0 Å². The van der Waals surface area contributed by atoms with Crippen molar-refractivity contribution in [2.45, 2.75) is 26.2 Å². The Morgan fingerprint density at radius 1 is 1.32 bits per heavy atom. The van der Waals surface area contributed by atoms with Gasteiger partial charge in [0.25, 0.3) is 0 Å². The van der Waals surface area contributed by atoms with Crippen LogP contribution in [0.2, 0.25) is 10.0 Å². The van der Waals surface area contributed by atoms with Gasteiger partial charge in [0.15, 0.2) is 0 Å². The van der Waals surface area contributed by atoms with Crippen molar-refractivity contribution >= 4 is 34.8 Å². The normalized spacial score (nSPS) is 16.4. The first kappa shape index (κ1) is 14.6.